The van der Waals surface area contributed by atoms with Crippen molar-refractivity contribution >= 4 is 120 Å². The van der Waals surface area contributed by atoms with Gasteiger partial charge in [0.15, 0.2) is 86.7 Å². The molecule has 0 radical (unpaired) electrons. The lowest BCUT2D eigenvalue weighted by Crippen LogP contribution is -2.54. The number of hydrogen-bond donors (Lipinski definition) is 3. The van der Waals surface area contributed by atoms with E-state index in [9.17, 15) is 55.1 Å². The standard InChI is InChI=1S/3C30H28ClF4N7O2/c1-6-18(43)41-10-9-40(12-15(41)5)28-16-11-17(32)26(19-21(33)20(31)22(34)23(35)24(19)36)38-29(16)42(30(44)39-28)27-14(4)7-8-37-25(27)13(2)3;1-6-18(43)41-10-9-40(12-15(41)5)28-16-11-17(32)26(19-20(31)24(36)23(35)22(34)21(19)33)38-29(16)42(30(44)39-28)27-14(4)7-8-37-25(27)13(2)3;1-6-18(43)41-10-9-40(12-15(41)5)28-16-11-17(32)26(19-20(31)22(34)23(35)24(36)21(19)33)38-29(16)42(30(44)39-28)27-14(4)7-8-37-25(27)13(2)3/h3*6-8,11,13,15H,1,9-10,12,36H2,2-5H3/t3*15-/m111/s1. The highest BCUT2D eigenvalue weighted by molar-refractivity contribution is 6.36. The summed E-state index contributed by atoms with van der Waals surface area (Å²) in [5, 5.41) is -2.90. The minimum absolute atomic E-state index is 0.0617. The summed E-state index contributed by atoms with van der Waals surface area (Å²) < 4.78 is 183. The predicted octanol–water partition coefficient (Wildman–Crippen LogP) is 15.9. The van der Waals surface area contributed by atoms with Gasteiger partial charge in [-0.25, -0.2) is 95.7 Å². The monoisotopic (exact) mass is 1890 g/mol. The summed E-state index contributed by atoms with van der Waals surface area (Å²) in [4.78, 5) is 128. The highest BCUT2D eigenvalue weighted by atomic mass is 35.5. The maximum Gasteiger partial charge on any atom is 0.355 e. The van der Waals surface area contributed by atoms with Gasteiger partial charge in [0.2, 0.25) is 17.7 Å². The van der Waals surface area contributed by atoms with Crippen LogP contribution >= 0.6 is 34.8 Å². The summed E-state index contributed by atoms with van der Waals surface area (Å²) in [5.41, 5.74) is 9.88. The molecule has 132 heavy (non-hydrogen) atoms. The minimum atomic E-state index is -1.96. The van der Waals surface area contributed by atoms with Gasteiger partial charge in [-0.1, -0.05) is 96.1 Å². The molecule has 3 aliphatic rings. The van der Waals surface area contributed by atoms with Gasteiger partial charge in [0, 0.05) is 95.6 Å². The minimum Gasteiger partial charge on any atom is -0.396 e. The Labute approximate surface area is 760 Å². The number of halogens is 15. The normalized spacial score (nSPS) is 15.4. The van der Waals surface area contributed by atoms with Crippen LogP contribution in [0.15, 0.2) is 107 Å². The number of carbonyl (C=O) groups is 3. The fourth-order valence-electron chi connectivity index (χ4n) is 16.4. The van der Waals surface area contributed by atoms with E-state index in [2.05, 4.69) is 64.6 Å². The van der Waals surface area contributed by atoms with Crippen LogP contribution in [-0.4, -0.2) is 168 Å². The van der Waals surface area contributed by atoms with Gasteiger partial charge in [0.25, 0.3) is 0 Å². The van der Waals surface area contributed by atoms with Gasteiger partial charge in [0.1, 0.15) is 45.2 Å². The molecular weight excluding hydrogens is 1810 g/mol. The van der Waals surface area contributed by atoms with E-state index in [4.69, 9.17) is 52.0 Å². The summed E-state index contributed by atoms with van der Waals surface area (Å²) in [6.45, 7) is 34.6. The molecule has 42 heteroatoms. The van der Waals surface area contributed by atoms with Gasteiger partial charge >= 0.3 is 17.1 Å². The first-order valence-corrected chi connectivity index (χ1v) is 42.1. The number of carbonyl (C=O) groups excluding carboxylic acids is 3. The second kappa shape index (κ2) is 37.7. The average Bonchev–Trinajstić information content (AvgIpc) is 0.736. The Morgan fingerprint density at radius 3 is 0.992 bits per heavy atom. The number of nitrogens with two attached hydrogens (primary N) is 3. The third-order valence-electron chi connectivity index (χ3n) is 22.9. The van der Waals surface area contributed by atoms with Crippen LogP contribution in [0.5, 0.6) is 0 Å². The average molecular weight is 1890 g/mol. The van der Waals surface area contributed by atoms with E-state index >= 15 is 26.3 Å². The summed E-state index contributed by atoms with van der Waals surface area (Å²) in [7, 11) is 0. The van der Waals surface area contributed by atoms with E-state index in [1.807, 2.05) is 41.5 Å². The van der Waals surface area contributed by atoms with Gasteiger partial charge in [0.05, 0.1) is 88.4 Å². The number of nitrogen functional groups attached to an aromatic ring is 3. The number of piperazine rings is 3. The van der Waals surface area contributed by atoms with E-state index in [0.29, 0.717) is 50.8 Å². The van der Waals surface area contributed by atoms with Crippen molar-refractivity contribution in [2.24, 2.45) is 0 Å². The van der Waals surface area contributed by atoms with Crippen LogP contribution in [0.4, 0.5) is 87.2 Å². The number of fused-ring (bicyclic) bond motifs is 3. The van der Waals surface area contributed by atoms with Gasteiger partial charge < -0.3 is 46.6 Å². The number of rotatable bonds is 15. The zero-order valence-corrected chi connectivity index (χ0v) is 75.0. The molecule has 3 aromatic carbocycles. The summed E-state index contributed by atoms with van der Waals surface area (Å²) in [5.74, 6) is -19.9. The maximum absolute atomic E-state index is 15.9. The van der Waals surface area contributed by atoms with Crippen LogP contribution in [-0.2, 0) is 14.4 Å². The highest BCUT2D eigenvalue weighted by Gasteiger charge is 2.39. The smallest absolute Gasteiger partial charge is 0.355 e. The van der Waals surface area contributed by atoms with Crippen molar-refractivity contribution in [3.05, 3.63) is 243 Å². The van der Waals surface area contributed by atoms with Crippen molar-refractivity contribution in [3.63, 3.8) is 0 Å². The van der Waals surface area contributed by atoms with Crippen LogP contribution < -0.4 is 49.0 Å². The van der Waals surface area contributed by atoms with E-state index in [0.717, 1.165) is 31.9 Å². The Balaban J connectivity index is 0.000000168. The number of anilines is 6. The largest absolute Gasteiger partial charge is 0.396 e. The Hall–Kier alpha value is -13.6. The second-order valence-electron chi connectivity index (χ2n) is 32.5. The van der Waals surface area contributed by atoms with E-state index in [-0.39, 0.29) is 163 Å². The Kier molecular flexibility index (Phi) is 27.4. The Morgan fingerprint density at radius 1 is 0.386 bits per heavy atom. The van der Waals surface area contributed by atoms with Crippen LogP contribution in [0.25, 0.3) is 83.9 Å². The number of pyridine rings is 6. The number of aromatic nitrogens is 12. The second-order valence-corrected chi connectivity index (χ2v) is 33.6. The molecule has 12 heterocycles. The number of aryl methyl sites for hydroxylation is 3. The molecule has 0 spiro atoms. The lowest BCUT2D eigenvalue weighted by molar-refractivity contribution is -0.129. The van der Waals surface area contributed by atoms with Crippen LogP contribution in [0.1, 0.15) is 114 Å². The van der Waals surface area contributed by atoms with Gasteiger partial charge in [-0.2, -0.15) is 15.0 Å². The van der Waals surface area contributed by atoms with Crippen molar-refractivity contribution < 1.29 is 67.1 Å². The van der Waals surface area contributed by atoms with E-state index < -0.39 is 153 Å². The molecule has 3 fully saturated rings. The fourth-order valence-corrected chi connectivity index (χ4v) is 17.1. The molecule has 0 saturated carbocycles. The third-order valence-corrected chi connectivity index (χ3v) is 24.0. The maximum atomic E-state index is 15.9. The van der Waals surface area contributed by atoms with Gasteiger partial charge in [-0.15, -0.1) is 0 Å². The summed E-state index contributed by atoms with van der Waals surface area (Å²) in [6, 6.07) is 6.99. The van der Waals surface area contributed by atoms with Crippen molar-refractivity contribution in [1.29, 1.82) is 0 Å². The molecule has 3 amide bonds. The molecule has 9 aromatic heterocycles. The SMILES string of the molecule is C=CC(=O)N1CCN(c2nc(=O)n(-c3c(C)ccnc3C(C)C)c3nc(-c4c(F)c(F)c(F)c(N)c4Cl)c(F)cc23)C[C@H]1C.C=CC(=O)N1CCN(c2nc(=O)n(-c3c(C)ccnc3C(C)C)c3nc(-c4c(F)c(N)c(F)c(F)c4Cl)c(F)cc23)C[C@H]1C.C=CC(=O)N1CCN(c2nc(=O)n(-c3c(C)ccnc3C(C)C)c3nc(-c4c(N)c(F)c(F)c(Cl)c4F)c(F)cc23)C[C@H]1C. The highest BCUT2D eigenvalue weighted by Crippen LogP contribution is 2.46. The Bertz CT molecular complexity index is 6310. The molecule has 690 valence electrons. The molecule has 0 aliphatic carbocycles. The molecule has 3 saturated heterocycles. The number of benzene rings is 3. The summed E-state index contributed by atoms with van der Waals surface area (Å²) >= 11 is 17.8. The van der Waals surface area contributed by atoms with E-state index in [1.54, 1.807) is 108 Å². The lowest BCUT2D eigenvalue weighted by atomic mass is 10.0. The van der Waals surface area contributed by atoms with Crippen molar-refractivity contribution in [1.82, 2.24) is 73.3 Å². The molecule has 3 aliphatic heterocycles. The van der Waals surface area contributed by atoms with Crippen LogP contribution in [0.2, 0.25) is 15.1 Å². The molecule has 12 aromatic rings. The zero-order chi connectivity index (χ0) is 96.6. The van der Waals surface area contributed by atoms with Crippen molar-refractivity contribution in [2.45, 2.75) is 119 Å². The van der Waals surface area contributed by atoms with Crippen molar-refractivity contribution in [2.75, 3.05) is 90.8 Å². The fraction of sp³-hybridized carbons (Fsp3) is 0.300. The molecule has 15 rings (SSSR count). The van der Waals surface area contributed by atoms with Gasteiger partial charge in [-0.3, -0.25) is 29.3 Å². The number of nitrogens with zero attached hydrogens (tertiary/aromatic N) is 18. The molecule has 6 N–H and O–H groups in total. The molecule has 0 bridgehead atoms. The first-order valence-electron chi connectivity index (χ1n) is 41.0. The first-order chi connectivity index (χ1) is 62.3. The lowest BCUT2D eigenvalue weighted by Gasteiger charge is -2.40. The van der Waals surface area contributed by atoms with Crippen molar-refractivity contribution in [3.8, 4) is 50.8 Å². The topological polar surface area (TPSA) is 331 Å². The molecule has 3 atom stereocenters. The van der Waals surface area contributed by atoms with Gasteiger partial charge in [-0.05, 0) is 131 Å². The van der Waals surface area contributed by atoms with E-state index in [1.165, 1.54) is 18.2 Å². The molecule has 0 unspecified atom stereocenters. The number of hydrogen-bond acceptors (Lipinski definition) is 21. The zero-order valence-electron chi connectivity index (χ0n) is 72.8. The third kappa shape index (κ3) is 17.1. The Morgan fingerprint density at radius 2 is 0.682 bits per heavy atom. The quantitative estimate of drug-likeness (QED) is 0.0282. The van der Waals surface area contributed by atoms with Crippen LogP contribution in [0.3, 0.4) is 0 Å². The molecular formula is C90H84Cl3F12N21O6. The van der Waals surface area contributed by atoms with Crippen LogP contribution in [0, 0.1) is 90.6 Å². The number of amides is 3. The molecule has 27 nitrogen and oxygen atoms in total. The summed E-state index contributed by atoms with van der Waals surface area (Å²) in [6.07, 6.45) is 8.35. The first kappa shape index (κ1) is 96.0. The predicted molar refractivity (Wildman–Crippen MR) is 480 cm³/mol.